The van der Waals surface area contributed by atoms with Crippen LogP contribution in [0, 0.1) is 29.1 Å². The molecule has 3 nitrogen and oxygen atoms in total. The van der Waals surface area contributed by atoms with Gasteiger partial charge in [0.25, 0.3) is 0 Å². The van der Waals surface area contributed by atoms with Crippen molar-refractivity contribution < 1.29 is 9.90 Å². The van der Waals surface area contributed by atoms with Gasteiger partial charge in [-0.3, -0.25) is 4.79 Å². The Morgan fingerprint density at radius 3 is 2.65 bits per heavy atom. The molecule has 17 heavy (non-hydrogen) atoms. The van der Waals surface area contributed by atoms with Gasteiger partial charge in [0.1, 0.15) is 0 Å². The monoisotopic (exact) mass is 237 g/mol. The van der Waals surface area contributed by atoms with Gasteiger partial charge < -0.3 is 10.4 Å². The average Bonchev–Trinajstić information content (AvgIpc) is 2.24. The highest BCUT2D eigenvalue weighted by atomic mass is 16.4. The van der Waals surface area contributed by atoms with Crippen molar-refractivity contribution in [1.82, 2.24) is 5.32 Å². The molecule has 0 spiro atoms. The first kappa shape index (κ1) is 14.1. The minimum atomic E-state index is -0.659. The van der Waals surface area contributed by atoms with Crippen LogP contribution < -0.4 is 5.32 Å². The second-order valence-corrected chi connectivity index (χ2v) is 5.49. The number of carboxylic acid groups (broad SMARTS) is 1. The number of hydrogen-bond donors (Lipinski definition) is 2. The summed E-state index contributed by atoms with van der Waals surface area (Å²) in [5.74, 6) is 5.32. The van der Waals surface area contributed by atoms with E-state index in [2.05, 4.69) is 37.9 Å². The molecule has 3 unspecified atom stereocenters. The zero-order valence-electron chi connectivity index (χ0n) is 11.2. The SMILES string of the molecule is CC#CCNC1CCC(C(=O)O)C(C)(C)C1C. The molecule has 0 saturated heterocycles. The van der Waals surface area contributed by atoms with Gasteiger partial charge in [-0.15, -0.1) is 5.92 Å². The summed E-state index contributed by atoms with van der Waals surface area (Å²) in [6.45, 7) is 8.80. The predicted molar refractivity (Wildman–Crippen MR) is 68.5 cm³/mol. The number of carboxylic acids is 1. The Morgan fingerprint density at radius 2 is 2.12 bits per heavy atom. The predicted octanol–water partition coefficient (Wildman–Crippen LogP) is 2.12. The molecule has 0 bridgehead atoms. The molecule has 0 aromatic rings. The number of aliphatic carboxylic acids is 1. The van der Waals surface area contributed by atoms with E-state index in [9.17, 15) is 9.90 Å². The molecule has 0 aromatic heterocycles. The molecule has 3 atom stereocenters. The standard InChI is InChI=1S/C14H23NO2/c1-5-6-9-15-12-8-7-11(13(16)17)14(3,4)10(12)2/h10-12,15H,7-9H2,1-4H3,(H,16,17). The summed E-state index contributed by atoms with van der Waals surface area (Å²) in [7, 11) is 0. The van der Waals surface area contributed by atoms with Gasteiger partial charge in [-0.05, 0) is 31.1 Å². The molecule has 1 aliphatic carbocycles. The van der Waals surface area contributed by atoms with E-state index in [1.54, 1.807) is 0 Å². The molecule has 0 heterocycles. The topological polar surface area (TPSA) is 49.3 Å². The summed E-state index contributed by atoms with van der Waals surface area (Å²) in [4.78, 5) is 11.2. The van der Waals surface area contributed by atoms with Crippen molar-refractivity contribution in [2.45, 2.75) is 46.6 Å². The van der Waals surface area contributed by atoms with Crippen molar-refractivity contribution >= 4 is 5.97 Å². The lowest BCUT2D eigenvalue weighted by Crippen LogP contribution is -2.51. The minimum Gasteiger partial charge on any atom is -0.481 e. The van der Waals surface area contributed by atoms with E-state index in [-0.39, 0.29) is 11.3 Å². The minimum absolute atomic E-state index is 0.165. The maximum Gasteiger partial charge on any atom is 0.307 e. The fraction of sp³-hybridized carbons (Fsp3) is 0.786. The molecule has 1 aliphatic rings. The fourth-order valence-electron chi connectivity index (χ4n) is 2.80. The van der Waals surface area contributed by atoms with E-state index in [4.69, 9.17) is 0 Å². The van der Waals surface area contributed by atoms with E-state index in [0.29, 0.717) is 18.5 Å². The Hall–Kier alpha value is -1.01. The average molecular weight is 237 g/mol. The van der Waals surface area contributed by atoms with Crippen molar-refractivity contribution in [1.29, 1.82) is 0 Å². The second kappa shape index (κ2) is 5.55. The van der Waals surface area contributed by atoms with Crippen molar-refractivity contribution in [3.05, 3.63) is 0 Å². The van der Waals surface area contributed by atoms with E-state index < -0.39 is 5.97 Å². The first-order chi connectivity index (χ1) is 7.91. The highest BCUT2D eigenvalue weighted by Crippen LogP contribution is 2.44. The largest absolute Gasteiger partial charge is 0.481 e. The summed E-state index contributed by atoms with van der Waals surface area (Å²) in [5.41, 5.74) is -0.165. The molecule has 1 rings (SSSR count). The molecule has 0 aliphatic heterocycles. The Labute approximate surface area is 104 Å². The van der Waals surface area contributed by atoms with Gasteiger partial charge >= 0.3 is 5.97 Å². The lowest BCUT2D eigenvalue weighted by Gasteiger charge is -2.46. The Morgan fingerprint density at radius 1 is 1.47 bits per heavy atom. The smallest absolute Gasteiger partial charge is 0.307 e. The number of nitrogens with one attached hydrogen (secondary N) is 1. The fourth-order valence-corrected chi connectivity index (χ4v) is 2.80. The van der Waals surface area contributed by atoms with Gasteiger partial charge in [0.05, 0.1) is 12.5 Å². The van der Waals surface area contributed by atoms with Crippen molar-refractivity contribution in [3.63, 3.8) is 0 Å². The van der Waals surface area contributed by atoms with Crippen LogP contribution in [0.15, 0.2) is 0 Å². The van der Waals surface area contributed by atoms with Crippen LogP contribution in [0.25, 0.3) is 0 Å². The molecule has 1 fully saturated rings. The third-order valence-corrected chi connectivity index (χ3v) is 4.37. The van der Waals surface area contributed by atoms with E-state index >= 15 is 0 Å². The molecule has 3 heteroatoms. The highest BCUT2D eigenvalue weighted by Gasteiger charge is 2.45. The molecule has 2 N–H and O–H groups in total. The van der Waals surface area contributed by atoms with Crippen LogP contribution in [0.3, 0.4) is 0 Å². The molecule has 96 valence electrons. The molecule has 0 aromatic carbocycles. The molecular formula is C14H23NO2. The molecule has 0 amide bonds. The van der Waals surface area contributed by atoms with Crippen LogP contribution in [0.2, 0.25) is 0 Å². The summed E-state index contributed by atoms with van der Waals surface area (Å²) in [5, 5.41) is 12.7. The van der Waals surface area contributed by atoms with Gasteiger partial charge in [-0.1, -0.05) is 26.7 Å². The van der Waals surface area contributed by atoms with Gasteiger partial charge in [0.2, 0.25) is 0 Å². The Bertz CT molecular complexity index is 338. The lowest BCUT2D eigenvalue weighted by atomic mass is 9.61. The molecular weight excluding hydrogens is 214 g/mol. The third kappa shape index (κ3) is 3.01. The maximum atomic E-state index is 11.2. The number of rotatable bonds is 3. The van der Waals surface area contributed by atoms with Crippen LogP contribution >= 0.6 is 0 Å². The van der Waals surface area contributed by atoms with E-state index in [1.807, 2.05) is 6.92 Å². The van der Waals surface area contributed by atoms with Gasteiger partial charge in [-0.2, -0.15) is 0 Å². The van der Waals surface area contributed by atoms with Gasteiger partial charge in [0.15, 0.2) is 0 Å². The first-order valence-electron chi connectivity index (χ1n) is 6.27. The van der Waals surface area contributed by atoms with Crippen molar-refractivity contribution in [2.75, 3.05) is 6.54 Å². The van der Waals surface area contributed by atoms with Crippen LogP contribution in [0.4, 0.5) is 0 Å². The Kier molecular flexibility index (Phi) is 4.59. The van der Waals surface area contributed by atoms with Crippen LogP contribution in [-0.4, -0.2) is 23.7 Å². The molecule has 1 saturated carbocycles. The highest BCUT2D eigenvalue weighted by molar-refractivity contribution is 5.71. The van der Waals surface area contributed by atoms with Crippen molar-refractivity contribution in [2.24, 2.45) is 17.3 Å². The molecule has 0 radical (unpaired) electrons. The van der Waals surface area contributed by atoms with Crippen LogP contribution in [0.1, 0.15) is 40.5 Å². The normalized spacial score (nSPS) is 31.4. The zero-order chi connectivity index (χ0) is 13.1. The van der Waals surface area contributed by atoms with Gasteiger partial charge in [0, 0.05) is 6.04 Å². The number of carbonyl (C=O) groups is 1. The zero-order valence-corrected chi connectivity index (χ0v) is 11.2. The van der Waals surface area contributed by atoms with E-state index in [0.717, 1.165) is 12.8 Å². The third-order valence-electron chi connectivity index (χ3n) is 4.37. The first-order valence-corrected chi connectivity index (χ1v) is 6.27. The van der Waals surface area contributed by atoms with Crippen LogP contribution in [0.5, 0.6) is 0 Å². The summed E-state index contributed by atoms with van der Waals surface area (Å²) >= 11 is 0. The van der Waals surface area contributed by atoms with E-state index in [1.165, 1.54) is 0 Å². The summed E-state index contributed by atoms with van der Waals surface area (Å²) in [6, 6.07) is 0.376. The lowest BCUT2D eigenvalue weighted by molar-refractivity contribution is -0.150. The Balaban J connectivity index is 2.70. The maximum absolute atomic E-state index is 11.2. The van der Waals surface area contributed by atoms with Gasteiger partial charge in [-0.25, -0.2) is 0 Å². The second-order valence-electron chi connectivity index (χ2n) is 5.49. The summed E-state index contributed by atoms with van der Waals surface area (Å²) < 4.78 is 0. The quantitative estimate of drug-likeness (QED) is 0.739. The number of hydrogen-bond acceptors (Lipinski definition) is 2. The summed E-state index contributed by atoms with van der Waals surface area (Å²) in [6.07, 6.45) is 1.68. The van der Waals surface area contributed by atoms with Crippen molar-refractivity contribution in [3.8, 4) is 11.8 Å². The van der Waals surface area contributed by atoms with Crippen LogP contribution in [-0.2, 0) is 4.79 Å².